The Kier molecular flexibility index (Phi) is 3.15. The third-order valence-corrected chi connectivity index (χ3v) is 1.03. The molecule has 0 rings (SSSR count). The van der Waals surface area contributed by atoms with Crippen molar-refractivity contribution in [1.82, 2.24) is 4.90 Å². The molecule has 0 radical (unpaired) electrons. The molecule has 0 spiro atoms. The molecule has 0 aromatic rings. The molecule has 0 aromatic heterocycles. The first-order valence-electron chi connectivity index (χ1n) is 2.53. The third-order valence-electron chi connectivity index (χ3n) is 0.565. The van der Waals surface area contributed by atoms with Crippen molar-refractivity contribution in [2.45, 2.75) is 0 Å². The van der Waals surface area contributed by atoms with Crippen LogP contribution in [0.3, 0.4) is 0 Å². The average molecular weight is 162 g/mol. The van der Waals surface area contributed by atoms with E-state index in [0.717, 1.165) is 5.41 Å². The van der Waals surface area contributed by atoms with Crippen molar-refractivity contribution >= 4 is 10.0 Å². The highest BCUT2D eigenvalue weighted by molar-refractivity contribution is 7.92. The topological polar surface area (TPSA) is 63.4 Å². The van der Waals surface area contributed by atoms with Gasteiger partial charge in [0.25, 0.3) is 0 Å². The summed E-state index contributed by atoms with van der Waals surface area (Å²) in [7, 11) is -0.00593. The fourth-order valence-electron chi connectivity index (χ4n) is 0.274. The summed E-state index contributed by atoms with van der Waals surface area (Å²) in [5, 5.41) is 5.45. The van der Waals surface area contributed by atoms with Crippen LogP contribution in [0.1, 0.15) is 0 Å². The van der Waals surface area contributed by atoms with E-state index in [2.05, 4.69) is 10.9 Å². The Morgan fingerprint density at radius 2 is 2.00 bits per heavy atom. The molecule has 0 aliphatic carbocycles. The van der Waals surface area contributed by atoms with Crippen LogP contribution in [0, 0.1) is 0 Å². The van der Waals surface area contributed by atoms with Gasteiger partial charge in [-0.1, -0.05) is 5.73 Å². The van der Waals surface area contributed by atoms with Crippen molar-refractivity contribution in [3.05, 3.63) is 17.3 Å². The first-order chi connectivity index (χ1) is 4.42. The lowest BCUT2D eigenvalue weighted by molar-refractivity contribution is 0.565. The first-order valence-corrected chi connectivity index (χ1v) is 4.14. The molecule has 0 saturated carbocycles. The van der Waals surface area contributed by atoms with Gasteiger partial charge in [0.2, 0.25) is 10.0 Å². The second kappa shape index (κ2) is 3.41. The summed E-state index contributed by atoms with van der Waals surface area (Å²) in [6, 6.07) is 0. The molecule has 0 atom stereocenters. The van der Waals surface area contributed by atoms with Gasteiger partial charge in [0.1, 0.15) is 0 Å². The Morgan fingerprint density at radius 3 is 2.30 bits per heavy atom. The summed E-state index contributed by atoms with van der Waals surface area (Å²) in [4.78, 5) is 1.65. The van der Waals surface area contributed by atoms with Gasteiger partial charge in [-0.15, -0.1) is 0 Å². The molecule has 0 aliphatic rings. The Bertz CT molecular complexity index is 247. The predicted octanol–water partition coefficient (Wildman–Crippen LogP) is -0.537. The Labute approximate surface area is 60.7 Å². The SMILES string of the molecule is CN(C)C=C=CS(N)(=O)=O. The quantitative estimate of drug-likeness (QED) is 0.555. The van der Waals surface area contributed by atoms with Gasteiger partial charge in [-0.3, -0.25) is 0 Å². The molecule has 4 nitrogen and oxygen atoms in total. The van der Waals surface area contributed by atoms with E-state index in [1.165, 1.54) is 6.20 Å². The summed E-state index contributed by atoms with van der Waals surface area (Å²) in [5.74, 6) is 0. The van der Waals surface area contributed by atoms with E-state index in [1.54, 1.807) is 19.0 Å². The lowest BCUT2D eigenvalue weighted by Gasteiger charge is -1.98. The van der Waals surface area contributed by atoms with Gasteiger partial charge in [-0.25, -0.2) is 13.6 Å². The van der Waals surface area contributed by atoms with Gasteiger partial charge in [0.15, 0.2) is 0 Å². The molecule has 0 heterocycles. The van der Waals surface area contributed by atoms with Crippen molar-refractivity contribution in [2.24, 2.45) is 5.14 Å². The second-order valence-electron chi connectivity index (χ2n) is 1.97. The predicted molar refractivity (Wildman–Crippen MR) is 39.4 cm³/mol. The Hall–Kier alpha value is -0.770. The van der Waals surface area contributed by atoms with E-state index in [-0.39, 0.29) is 0 Å². The largest absolute Gasteiger partial charge is 0.377 e. The maximum Gasteiger partial charge on any atom is 0.238 e. The molecule has 0 unspecified atom stereocenters. The van der Waals surface area contributed by atoms with E-state index in [9.17, 15) is 8.42 Å². The van der Waals surface area contributed by atoms with Crippen molar-refractivity contribution < 1.29 is 8.42 Å². The van der Waals surface area contributed by atoms with E-state index in [0.29, 0.717) is 0 Å². The van der Waals surface area contributed by atoms with Gasteiger partial charge >= 0.3 is 0 Å². The molecule has 0 fully saturated rings. The van der Waals surface area contributed by atoms with E-state index in [4.69, 9.17) is 0 Å². The molecular formula is C5H10N2O2S. The van der Waals surface area contributed by atoms with Crippen LogP contribution in [0.25, 0.3) is 0 Å². The van der Waals surface area contributed by atoms with E-state index < -0.39 is 10.0 Å². The maximum atomic E-state index is 10.2. The standard InChI is InChI=1S/C5H10N2O2S/c1-7(2)4-3-5-10(6,8)9/h4-5H,1-2H3,(H2,6,8,9). The van der Waals surface area contributed by atoms with Crippen LogP contribution in [-0.4, -0.2) is 27.4 Å². The molecule has 0 aliphatic heterocycles. The molecule has 0 bridgehead atoms. The average Bonchev–Trinajstić information content (AvgIpc) is 1.59. The van der Waals surface area contributed by atoms with Crippen molar-refractivity contribution in [2.75, 3.05) is 14.1 Å². The highest BCUT2D eigenvalue weighted by Gasteiger charge is 1.88. The summed E-state index contributed by atoms with van der Waals surface area (Å²) < 4.78 is 20.5. The number of hydrogen-bond donors (Lipinski definition) is 1. The number of nitrogens with zero attached hydrogens (tertiary/aromatic N) is 1. The van der Waals surface area contributed by atoms with Crippen LogP contribution in [0.5, 0.6) is 0 Å². The van der Waals surface area contributed by atoms with Crippen molar-refractivity contribution in [3.63, 3.8) is 0 Å². The van der Waals surface area contributed by atoms with Gasteiger partial charge in [0.05, 0.1) is 5.41 Å². The van der Waals surface area contributed by atoms with Gasteiger partial charge in [-0.05, 0) is 0 Å². The zero-order valence-corrected chi connectivity index (χ0v) is 6.72. The number of primary sulfonamides is 1. The summed E-state index contributed by atoms with van der Waals surface area (Å²) >= 11 is 0. The minimum absolute atomic E-state index is 0.812. The van der Waals surface area contributed by atoms with Crippen LogP contribution in [0.4, 0.5) is 0 Å². The van der Waals surface area contributed by atoms with Crippen LogP contribution >= 0.6 is 0 Å². The minimum atomic E-state index is -3.51. The molecule has 0 aromatic carbocycles. The number of rotatable bonds is 2. The first kappa shape index (κ1) is 9.23. The summed E-state index contributed by atoms with van der Waals surface area (Å²) in [6.45, 7) is 0. The second-order valence-corrected chi connectivity index (χ2v) is 3.38. The highest BCUT2D eigenvalue weighted by atomic mass is 32.2. The fraction of sp³-hybridized carbons (Fsp3) is 0.400. The third kappa shape index (κ3) is 7.23. The highest BCUT2D eigenvalue weighted by Crippen LogP contribution is 1.78. The number of hydrogen-bond acceptors (Lipinski definition) is 3. The van der Waals surface area contributed by atoms with Crippen molar-refractivity contribution in [3.8, 4) is 0 Å². The van der Waals surface area contributed by atoms with Crippen molar-refractivity contribution in [1.29, 1.82) is 0 Å². The van der Waals surface area contributed by atoms with E-state index >= 15 is 0 Å². The summed E-state index contributed by atoms with van der Waals surface area (Å²) in [5.41, 5.74) is 2.39. The number of nitrogens with two attached hydrogens (primary N) is 1. The zero-order chi connectivity index (χ0) is 8.20. The van der Waals surface area contributed by atoms with Crippen LogP contribution in [0.2, 0.25) is 0 Å². The Balaban J connectivity index is 4.28. The molecule has 0 amide bonds. The lowest BCUT2D eigenvalue weighted by Crippen LogP contribution is -2.06. The molecule has 58 valence electrons. The van der Waals surface area contributed by atoms with Crippen LogP contribution < -0.4 is 5.14 Å². The number of sulfonamides is 1. The smallest absolute Gasteiger partial charge is 0.238 e. The summed E-state index contributed by atoms with van der Waals surface area (Å²) in [6.07, 6.45) is 1.46. The van der Waals surface area contributed by atoms with Crippen LogP contribution in [0.15, 0.2) is 17.3 Å². The molecule has 5 heteroatoms. The Morgan fingerprint density at radius 1 is 1.50 bits per heavy atom. The molecular weight excluding hydrogens is 152 g/mol. The van der Waals surface area contributed by atoms with Gasteiger partial charge < -0.3 is 4.90 Å². The monoisotopic (exact) mass is 162 g/mol. The molecule has 0 saturated heterocycles. The maximum absolute atomic E-state index is 10.2. The normalized spacial score (nSPS) is 9.90. The minimum Gasteiger partial charge on any atom is -0.377 e. The van der Waals surface area contributed by atoms with E-state index in [1.807, 2.05) is 0 Å². The zero-order valence-electron chi connectivity index (χ0n) is 5.90. The molecule has 10 heavy (non-hydrogen) atoms. The van der Waals surface area contributed by atoms with Gasteiger partial charge in [0, 0.05) is 20.3 Å². The lowest BCUT2D eigenvalue weighted by atomic mass is 10.8. The molecule has 2 N–H and O–H groups in total. The van der Waals surface area contributed by atoms with Crippen LogP contribution in [-0.2, 0) is 10.0 Å². The van der Waals surface area contributed by atoms with Gasteiger partial charge in [-0.2, -0.15) is 0 Å². The fourth-order valence-corrected chi connectivity index (χ4v) is 0.525.